The number of hydrogen-bond acceptors (Lipinski definition) is 5. The summed E-state index contributed by atoms with van der Waals surface area (Å²) in [5.74, 6) is -0.864. The van der Waals surface area contributed by atoms with E-state index in [2.05, 4.69) is 9.97 Å². The highest BCUT2D eigenvalue weighted by atomic mass is 32.2. The highest BCUT2D eigenvalue weighted by molar-refractivity contribution is 7.89. The third kappa shape index (κ3) is 2.07. The quantitative estimate of drug-likeness (QED) is 0.605. The maximum absolute atomic E-state index is 12.5. The van der Waals surface area contributed by atoms with Gasteiger partial charge in [-0.05, 0) is 12.8 Å². The second kappa shape index (κ2) is 5.00. The van der Waals surface area contributed by atoms with Crippen molar-refractivity contribution in [2.45, 2.75) is 23.9 Å². The van der Waals surface area contributed by atoms with Crippen LogP contribution in [0.15, 0.2) is 29.7 Å². The van der Waals surface area contributed by atoms with Crippen molar-refractivity contribution < 1.29 is 18.0 Å². The van der Waals surface area contributed by atoms with Crippen molar-refractivity contribution in [3.63, 3.8) is 0 Å². The van der Waals surface area contributed by atoms with Crippen molar-refractivity contribution >= 4 is 21.8 Å². The smallest absolute Gasteiger partial charge is 0.260 e. The molecule has 2 amide bonds. The number of aromatic nitrogens is 2. The van der Waals surface area contributed by atoms with Crippen LogP contribution in [-0.4, -0.2) is 58.5 Å². The molecule has 23 heavy (non-hydrogen) atoms. The van der Waals surface area contributed by atoms with Crippen molar-refractivity contribution in [2.75, 3.05) is 13.1 Å². The third-order valence-corrected chi connectivity index (χ3v) is 6.58. The lowest BCUT2D eigenvalue weighted by atomic mass is 9.85. The molecule has 0 saturated carbocycles. The summed E-state index contributed by atoms with van der Waals surface area (Å²) in [7, 11) is -3.63. The largest absolute Gasteiger partial charge is 0.335 e. The van der Waals surface area contributed by atoms with Gasteiger partial charge in [0.2, 0.25) is 11.8 Å². The molecular formula is C14H16N4O4S. The van der Waals surface area contributed by atoms with Crippen LogP contribution in [0.25, 0.3) is 0 Å². The zero-order chi connectivity index (χ0) is 16.2. The number of allylic oxidation sites excluding steroid dienone is 2. The monoisotopic (exact) mass is 336 g/mol. The fourth-order valence-electron chi connectivity index (χ4n) is 3.49. The van der Waals surface area contributed by atoms with E-state index in [1.807, 2.05) is 12.2 Å². The summed E-state index contributed by atoms with van der Waals surface area (Å²) >= 11 is 0. The van der Waals surface area contributed by atoms with Crippen molar-refractivity contribution in [1.29, 1.82) is 0 Å². The number of carbonyl (C=O) groups excluding carboxylic acids is 2. The van der Waals surface area contributed by atoms with Gasteiger partial charge < -0.3 is 4.98 Å². The van der Waals surface area contributed by atoms with E-state index in [0.29, 0.717) is 12.8 Å². The minimum absolute atomic E-state index is 0.0212. The zero-order valence-electron chi connectivity index (χ0n) is 12.3. The van der Waals surface area contributed by atoms with Crippen LogP contribution < -0.4 is 0 Å². The summed E-state index contributed by atoms with van der Waals surface area (Å²) in [5.41, 5.74) is 0. The van der Waals surface area contributed by atoms with Crippen LogP contribution in [0.4, 0.5) is 0 Å². The van der Waals surface area contributed by atoms with Gasteiger partial charge in [0.05, 0.1) is 30.4 Å². The van der Waals surface area contributed by atoms with Gasteiger partial charge in [0, 0.05) is 13.1 Å². The van der Waals surface area contributed by atoms with E-state index >= 15 is 0 Å². The molecule has 0 unspecified atom stereocenters. The SMILES string of the molecule is O=C1[C@H]2CC=CC[C@@H]2C(=O)N1C1CN(S(=O)(=O)c2cnc[nH]2)C1. The van der Waals surface area contributed by atoms with Gasteiger partial charge in [0.1, 0.15) is 0 Å². The average molecular weight is 336 g/mol. The Balaban J connectivity index is 1.48. The summed E-state index contributed by atoms with van der Waals surface area (Å²) in [6.07, 6.45) is 7.60. The Morgan fingerprint density at radius 2 is 1.70 bits per heavy atom. The summed E-state index contributed by atoms with van der Waals surface area (Å²) in [6, 6.07) is -0.363. The molecule has 122 valence electrons. The molecule has 2 atom stereocenters. The third-order valence-electron chi connectivity index (χ3n) is 4.83. The summed E-state index contributed by atoms with van der Waals surface area (Å²) in [4.78, 5) is 32.5. The average Bonchev–Trinajstić information content (AvgIpc) is 3.10. The van der Waals surface area contributed by atoms with Crippen LogP contribution in [0.2, 0.25) is 0 Å². The lowest BCUT2D eigenvalue weighted by Crippen LogP contribution is -2.62. The number of nitrogens with one attached hydrogen (secondary N) is 1. The fraction of sp³-hybridized carbons (Fsp3) is 0.500. The van der Waals surface area contributed by atoms with Gasteiger partial charge in [0.25, 0.3) is 10.0 Å². The highest BCUT2D eigenvalue weighted by Gasteiger charge is 2.53. The van der Waals surface area contributed by atoms with Gasteiger partial charge in [-0.15, -0.1) is 0 Å². The molecule has 0 bridgehead atoms. The maximum atomic E-state index is 12.5. The zero-order valence-corrected chi connectivity index (χ0v) is 13.1. The summed E-state index contributed by atoms with van der Waals surface area (Å²) in [5, 5.41) is 0.0212. The minimum Gasteiger partial charge on any atom is -0.335 e. The standard InChI is InChI=1S/C14H16N4O4S/c19-13-10-3-1-2-4-11(10)14(20)18(13)9-6-17(7-9)23(21,22)12-5-15-8-16-12/h1-2,5,8-11H,3-4,6-7H2,(H,15,16)/t10-,11-/m0/s1. The van der Waals surface area contributed by atoms with E-state index in [4.69, 9.17) is 0 Å². The molecule has 1 aromatic heterocycles. The number of rotatable bonds is 3. The van der Waals surface area contributed by atoms with Gasteiger partial charge in [0.15, 0.2) is 5.03 Å². The second-order valence-corrected chi connectivity index (χ2v) is 8.00. The van der Waals surface area contributed by atoms with Crippen LogP contribution in [0.1, 0.15) is 12.8 Å². The van der Waals surface area contributed by atoms with Crippen LogP contribution >= 0.6 is 0 Å². The number of amides is 2. The molecule has 0 radical (unpaired) electrons. The molecule has 1 N–H and O–H groups in total. The van der Waals surface area contributed by atoms with Crippen LogP contribution in [0, 0.1) is 11.8 Å². The van der Waals surface area contributed by atoms with Gasteiger partial charge >= 0.3 is 0 Å². The highest BCUT2D eigenvalue weighted by Crippen LogP contribution is 2.38. The topological polar surface area (TPSA) is 103 Å². The van der Waals surface area contributed by atoms with Crippen molar-refractivity contribution in [1.82, 2.24) is 19.2 Å². The number of aromatic amines is 1. The fourth-order valence-corrected chi connectivity index (χ4v) is 4.90. The Bertz CT molecular complexity index is 754. The Kier molecular flexibility index (Phi) is 3.17. The Labute approximate surface area is 133 Å². The number of fused-ring (bicyclic) bond motifs is 1. The van der Waals surface area contributed by atoms with E-state index in [1.54, 1.807) is 0 Å². The molecular weight excluding hydrogens is 320 g/mol. The number of imidazole rings is 1. The molecule has 1 aliphatic carbocycles. The number of hydrogen-bond donors (Lipinski definition) is 1. The van der Waals surface area contributed by atoms with E-state index in [1.165, 1.54) is 21.7 Å². The minimum atomic E-state index is -3.63. The molecule has 9 heteroatoms. The molecule has 1 aromatic rings. The lowest BCUT2D eigenvalue weighted by molar-refractivity contribution is -0.145. The summed E-state index contributed by atoms with van der Waals surface area (Å²) < 4.78 is 25.9. The second-order valence-electron chi connectivity index (χ2n) is 6.09. The molecule has 0 spiro atoms. The first-order valence-corrected chi connectivity index (χ1v) is 8.94. The number of likely N-dealkylation sites (tertiary alicyclic amines) is 1. The van der Waals surface area contributed by atoms with Gasteiger partial charge in [-0.1, -0.05) is 12.2 Å². The maximum Gasteiger partial charge on any atom is 0.260 e. The molecule has 8 nitrogen and oxygen atoms in total. The first-order valence-electron chi connectivity index (χ1n) is 7.50. The van der Waals surface area contributed by atoms with E-state index in [0.717, 1.165) is 0 Å². The van der Waals surface area contributed by atoms with Crippen molar-refractivity contribution in [3.05, 3.63) is 24.7 Å². The Morgan fingerprint density at radius 1 is 1.09 bits per heavy atom. The van der Waals surface area contributed by atoms with Gasteiger partial charge in [-0.2, -0.15) is 4.31 Å². The first kappa shape index (κ1) is 14.6. The Hall–Kier alpha value is -2.00. The molecule has 2 saturated heterocycles. The normalized spacial score (nSPS) is 29.0. The van der Waals surface area contributed by atoms with Crippen LogP contribution in [0.3, 0.4) is 0 Å². The van der Waals surface area contributed by atoms with Crippen LogP contribution in [-0.2, 0) is 19.6 Å². The van der Waals surface area contributed by atoms with E-state index < -0.39 is 10.0 Å². The lowest BCUT2D eigenvalue weighted by Gasteiger charge is -2.41. The number of imide groups is 1. The number of carbonyl (C=O) groups is 2. The molecule has 3 heterocycles. The van der Waals surface area contributed by atoms with Crippen LogP contribution in [0.5, 0.6) is 0 Å². The predicted octanol–water partition coefficient (Wildman–Crippen LogP) is -0.266. The van der Waals surface area contributed by atoms with Gasteiger partial charge in [-0.3, -0.25) is 14.5 Å². The molecule has 0 aromatic carbocycles. The van der Waals surface area contributed by atoms with Crippen molar-refractivity contribution in [2.24, 2.45) is 11.8 Å². The van der Waals surface area contributed by atoms with E-state index in [-0.39, 0.29) is 47.8 Å². The Morgan fingerprint density at radius 3 is 2.22 bits per heavy atom. The van der Waals surface area contributed by atoms with Gasteiger partial charge in [-0.25, -0.2) is 13.4 Å². The summed E-state index contributed by atoms with van der Waals surface area (Å²) in [6.45, 7) is 0.289. The first-order chi connectivity index (χ1) is 11.0. The number of sulfonamides is 1. The molecule has 2 aliphatic heterocycles. The van der Waals surface area contributed by atoms with E-state index in [9.17, 15) is 18.0 Å². The number of nitrogens with zero attached hydrogens (tertiary/aromatic N) is 3. The predicted molar refractivity (Wildman–Crippen MR) is 78.3 cm³/mol. The van der Waals surface area contributed by atoms with Crippen molar-refractivity contribution in [3.8, 4) is 0 Å². The molecule has 4 rings (SSSR count). The molecule has 3 aliphatic rings. The number of H-pyrrole nitrogens is 1. The molecule has 2 fully saturated rings.